The molecular formula is C26H27N3O7S. The summed E-state index contributed by atoms with van der Waals surface area (Å²) < 4.78 is 44.8. The first-order valence-corrected chi connectivity index (χ1v) is 12.9. The standard InChI is InChI=1S/C26H27N3O7S/c1-4-36-19-11-9-18(10-12-19)29(37(32,33)20-13-14-23(34-2)24(15-20)35-3)17-26(31)28-16-25(30)27-21-7-5-6-8-22(21)28/h5-15H,4,16-17H2,1-3H3,(H,27,30). The van der Waals surface area contributed by atoms with E-state index in [4.69, 9.17) is 14.2 Å². The highest BCUT2D eigenvalue weighted by Crippen LogP contribution is 2.34. The van der Waals surface area contributed by atoms with Crippen LogP contribution < -0.4 is 28.7 Å². The van der Waals surface area contributed by atoms with Crippen molar-refractivity contribution in [3.8, 4) is 17.2 Å². The van der Waals surface area contributed by atoms with Gasteiger partial charge in [0.15, 0.2) is 11.5 Å². The monoisotopic (exact) mass is 525 g/mol. The van der Waals surface area contributed by atoms with Crippen LogP contribution in [0.2, 0.25) is 0 Å². The molecule has 0 saturated carbocycles. The summed E-state index contributed by atoms with van der Waals surface area (Å²) in [5.74, 6) is 0.203. The first-order chi connectivity index (χ1) is 17.8. The number of amides is 2. The third-order valence-electron chi connectivity index (χ3n) is 5.73. The van der Waals surface area contributed by atoms with E-state index in [1.165, 1.54) is 37.3 Å². The number of benzene rings is 3. The summed E-state index contributed by atoms with van der Waals surface area (Å²) in [4.78, 5) is 27.0. The lowest BCUT2D eigenvalue weighted by Gasteiger charge is -2.32. The zero-order valence-corrected chi connectivity index (χ0v) is 21.4. The van der Waals surface area contributed by atoms with Crippen molar-refractivity contribution >= 4 is 38.9 Å². The largest absolute Gasteiger partial charge is 0.494 e. The molecule has 1 N–H and O–H groups in total. The number of sulfonamides is 1. The molecule has 10 nitrogen and oxygen atoms in total. The van der Waals surface area contributed by atoms with E-state index in [2.05, 4.69) is 5.32 Å². The van der Waals surface area contributed by atoms with E-state index >= 15 is 0 Å². The van der Waals surface area contributed by atoms with Crippen LogP contribution in [0, 0.1) is 0 Å². The maximum Gasteiger partial charge on any atom is 0.264 e. The predicted molar refractivity (Wildman–Crippen MR) is 139 cm³/mol. The van der Waals surface area contributed by atoms with Gasteiger partial charge in [-0.05, 0) is 55.5 Å². The molecule has 0 saturated heterocycles. The Morgan fingerprint density at radius 1 is 1.00 bits per heavy atom. The minimum Gasteiger partial charge on any atom is -0.494 e. The second-order valence-corrected chi connectivity index (χ2v) is 9.86. The van der Waals surface area contributed by atoms with Gasteiger partial charge in [0.1, 0.15) is 18.8 Å². The molecule has 1 heterocycles. The van der Waals surface area contributed by atoms with Gasteiger partial charge in [-0.2, -0.15) is 0 Å². The summed E-state index contributed by atoms with van der Waals surface area (Å²) in [5.41, 5.74) is 1.21. The molecule has 11 heteroatoms. The van der Waals surface area contributed by atoms with E-state index < -0.39 is 22.5 Å². The molecule has 1 aliphatic heterocycles. The SMILES string of the molecule is CCOc1ccc(N(CC(=O)N2CC(=O)Nc3ccccc32)S(=O)(=O)c2ccc(OC)c(OC)c2)cc1. The second-order valence-electron chi connectivity index (χ2n) is 8.00. The van der Waals surface area contributed by atoms with Crippen LogP contribution in [0.25, 0.3) is 0 Å². The van der Waals surface area contributed by atoms with Crippen molar-refractivity contribution in [1.29, 1.82) is 0 Å². The summed E-state index contributed by atoms with van der Waals surface area (Å²) in [6.07, 6.45) is 0. The lowest BCUT2D eigenvalue weighted by Crippen LogP contribution is -2.48. The van der Waals surface area contributed by atoms with Gasteiger partial charge in [0, 0.05) is 6.07 Å². The molecule has 3 aromatic rings. The summed E-state index contributed by atoms with van der Waals surface area (Å²) in [7, 11) is -1.40. The average molecular weight is 526 g/mol. The van der Waals surface area contributed by atoms with Crippen LogP contribution in [-0.4, -0.2) is 54.1 Å². The van der Waals surface area contributed by atoms with Gasteiger partial charge in [-0.1, -0.05) is 12.1 Å². The molecule has 4 rings (SSSR count). The number of anilines is 3. The van der Waals surface area contributed by atoms with Gasteiger partial charge in [0.2, 0.25) is 11.8 Å². The fourth-order valence-electron chi connectivity index (χ4n) is 3.96. The summed E-state index contributed by atoms with van der Waals surface area (Å²) in [6.45, 7) is 1.50. The molecule has 0 aliphatic carbocycles. The van der Waals surface area contributed by atoms with Crippen LogP contribution >= 0.6 is 0 Å². The Bertz CT molecular complexity index is 1410. The van der Waals surface area contributed by atoms with E-state index in [1.807, 2.05) is 6.92 Å². The van der Waals surface area contributed by atoms with Crippen LogP contribution in [0.3, 0.4) is 0 Å². The fourth-order valence-corrected chi connectivity index (χ4v) is 5.39. The van der Waals surface area contributed by atoms with Crippen molar-refractivity contribution in [1.82, 2.24) is 0 Å². The number of para-hydroxylation sites is 2. The van der Waals surface area contributed by atoms with Crippen molar-refractivity contribution in [2.75, 3.05) is 48.4 Å². The van der Waals surface area contributed by atoms with E-state index in [-0.39, 0.29) is 28.8 Å². The van der Waals surface area contributed by atoms with Gasteiger partial charge in [0.05, 0.1) is 42.8 Å². The van der Waals surface area contributed by atoms with Gasteiger partial charge in [-0.15, -0.1) is 0 Å². The number of hydrogen-bond acceptors (Lipinski definition) is 7. The van der Waals surface area contributed by atoms with E-state index in [1.54, 1.807) is 48.5 Å². The Labute approximate surface area is 215 Å². The zero-order chi connectivity index (χ0) is 26.6. The lowest BCUT2D eigenvalue weighted by molar-refractivity contribution is -0.121. The van der Waals surface area contributed by atoms with E-state index in [0.717, 1.165) is 4.31 Å². The number of nitrogens with zero attached hydrogens (tertiary/aromatic N) is 2. The van der Waals surface area contributed by atoms with Crippen molar-refractivity contribution in [2.45, 2.75) is 11.8 Å². The number of methoxy groups -OCH3 is 2. The minimum atomic E-state index is -4.25. The quantitative estimate of drug-likeness (QED) is 0.456. The lowest BCUT2D eigenvalue weighted by atomic mass is 10.2. The summed E-state index contributed by atoms with van der Waals surface area (Å²) in [5, 5.41) is 2.72. The van der Waals surface area contributed by atoms with Gasteiger partial charge in [-0.25, -0.2) is 8.42 Å². The highest BCUT2D eigenvalue weighted by Gasteiger charge is 2.33. The predicted octanol–water partition coefficient (Wildman–Crippen LogP) is 3.28. The van der Waals surface area contributed by atoms with Crippen molar-refractivity contribution in [3.63, 3.8) is 0 Å². The Morgan fingerprint density at radius 2 is 1.70 bits per heavy atom. The molecule has 1 aliphatic rings. The number of carbonyl (C=O) groups is 2. The number of carbonyl (C=O) groups excluding carboxylic acids is 2. The molecule has 0 aromatic heterocycles. The van der Waals surface area contributed by atoms with Crippen LogP contribution in [0.15, 0.2) is 71.6 Å². The minimum absolute atomic E-state index is 0.0939. The Balaban J connectivity index is 1.75. The normalized spacial score (nSPS) is 12.8. The van der Waals surface area contributed by atoms with Crippen molar-refractivity contribution in [3.05, 3.63) is 66.7 Å². The van der Waals surface area contributed by atoms with Gasteiger partial charge in [0.25, 0.3) is 10.0 Å². The average Bonchev–Trinajstić information content (AvgIpc) is 2.91. The van der Waals surface area contributed by atoms with Crippen molar-refractivity contribution < 1.29 is 32.2 Å². The molecule has 2 amide bonds. The fraction of sp³-hybridized carbons (Fsp3) is 0.231. The highest BCUT2D eigenvalue weighted by atomic mass is 32.2. The molecule has 0 bridgehead atoms. The molecule has 37 heavy (non-hydrogen) atoms. The number of hydrogen-bond donors (Lipinski definition) is 1. The smallest absolute Gasteiger partial charge is 0.264 e. The highest BCUT2D eigenvalue weighted by molar-refractivity contribution is 7.92. The third-order valence-corrected chi connectivity index (χ3v) is 7.50. The summed E-state index contributed by atoms with van der Waals surface area (Å²) in [6, 6.07) is 17.4. The van der Waals surface area contributed by atoms with Crippen LogP contribution in [0.1, 0.15) is 6.92 Å². The van der Waals surface area contributed by atoms with E-state index in [0.29, 0.717) is 29.5 Å². The van der Waals surface area contributed by atoms with Gasteiger partial charge >= 0.3 is 0 Å². The van der Waals surface area contributed by atoms with Crippen LogP contribution in [-0.2, 0) is 19.6 Å². The maximum absolute atomic E-state index is 13.9. The molecule has 0 fully saturated rings. The first kappa shape index (κ1) is 25.8. The maximum atomic E-state index is 13.9. The van der Waals surface area contributed by atoms with Gasteiger partial charge in [-0.3, -0.25) is 18.8 Å². The zero-order valence-electron chi connectivity index (χ0n) is 20.6. The number of nitrogens with one attached hydrogen (secondary N) is 1. The Morgan fingerprint density at radius 3 is 2.38 bits per heavy atom. The number of ether oxygens (including phenoxy) is 3. The first-order valence-electron chi connectivity index (χ1n) is 11.5. The van der Waals surface area contributed by atoms with Crippen molar-refractivity contribution in [2.24, 2.45) is 0 Å². The Kier molecular flexibility index (Phi) is 7.53. The molecule has 0 unspecified atom stereocenters. The number of rotatable bonds is 9. The molecule has 194 valence electrons. The topological polar surface area (TPSA) is 114 Å². The Hall–Kier alpha value is -4.25. The summed E-state index contributed by atoms with van der Waals surface area (Å²) >= 11 is 0. The molecular weight excluding hydrogens is 498 g/mol. The van der Waals surface area contributed by atoms with Crippen LogP contribution in [0.4, 0.5) is 17.1 Å². The molecule has 0 atom stereocenters. The number of fused-ring (bicyclic) bond motifs is 1. The third kappa shape index (κ3) is 5.31. The van der Waals surface area contributed by atoms with Crippen LogP contribution in [0.5, 0.6) is 17.2 Å². The second kappa shape index (κ2) is 10.8. The molecule has 3 aromatic carbocycles. The van der Waals surface area contributed by atoms with Gasteiger partial charge < -0.3 is 19.5 Å². The van der Waals surface area contributed by atoms with E-state index in [9.17, 15) is 18.0 Å². The molecule has 0 radical (unpaired) electrons. The molecule has 0 spiro atoms.